The molecule has 3 atom stereocenters. The van der Waals surface area contributed by atoms with Gasteiger partial charge in [0.1, 0.15) is 18.7 Å². The third kappa shape index (κ3) is 6.93. The molecule has 33 heavy (non-hydrogen) atoms. The number of nitrogens with zero attached hydrogens (tertiary/aromatic N) is 1. The van der Waals surface area contributed by atoms with Crippen molar-refractivity contribution in [1.82, 2.24) is 10.2 Å². The molecule has 2 amide bonds. The van der Waals surface area contributed by atoms with Crippen LogP contribution in [0.15, 0.2) is 30.3 Å². The molecule has 1 aromatic rings. The van der Waals surface area contributed by atoms with E-state index in [1.165, 1.54) is 4.90 Å². The molecule has 0 radical (unpaired) electrons. The van der Waals surface area contributed by atoms with E-state index in [-0.39, 0.29) is 13.2 Å². The summed E-state index contributed by atoms with van der Waals surface area (Å²) in [7, 11) is 3.29. The van der Waals surface area contributed by atoms with Gasteiger partial charge >= 0.3 is 24.0 Å². The molecule has 1 fully saturated rings. The Morgan fingerprint density at radius 1 is 1.00 bits per heavy atom. The number of hydrogen-bond acceptors (Lipinski definition) is 9. The lowest BCUT2D eigenvalue weighted by atomic mass is 9.95. The van der Waals surface area contributed by atoms with Crippen LogP contribution in [0.3, 0.4) is 0 Å². The molecule has 1 N–H and O–H groups in total. The van der Waals surface area contributed by atoms with E-state index < -0.39 is 54.3 Å². The van der Waals surface area contributed by atoms with E-state index in [2.05, 4.69) is 14.8 Å². The predicted octanol–water partition coefficient (Wildman–Crippen LogP) is 0.798. The summed E-state index contributed by atoms with van der Waals surface area (Å²) in [5, 5.41) is 2.44. The summed E-state index contributed by atoms with van der Waals surface area (Å²) in [4.78, 5) is 63.2. The summed E-state index contributed by atoms with van der Waals surface area (Å²) in [6.45, 7) is 0.329. The number of likely N-dealkylation sites (tertiary alicyclic amines) is 1. The van der Waals surface area contributed by atoms with Gasteiger partial charge < -0.3 is 24.3 Å². The van der Waals surface area contributed by atoms with Crippen LogP contribution >= 0.6 is 0 Å². The number of carbonyl (C=O) groups excluding carboxylic acids is 5. The van der Waals surface area contributed by atoms with Gasteiger partial charge in [-0.1, -0.05) is 30.3 Å². The second-order valence-electron chi connectivity index (χ2n) is 7.31. The van der Waals surface area contributed by atoms with Crippen molar-refractivity contribution < 1.29 is 42.9 Å². The van der Waals surface area contributed by atoms with Gasteiger partial charge in [0.15, 0.2) is 0 Å². The smallest absolute Gasteiger partial charge is 0.410 e. The van der Waals surface area contributed by atoms with E-state index in [1.807, 2.05) is 18.2 Å². The Bertz CT molecular complexity index is 859. The Morgan fingerprint density at radius 3 is 2.27 bits per heavy atom. The fourth-order valence-corrected chi connectivity index (χ4v) is 3.51. The maximum absolute atomic E-state index is 13.0. The van der Waals surface area contributed by atoms with Crippen LogP contribution in [-0.2, 0) is 44.7 Å². The zero-order valence-corrected chi connectivity index (χ0v) is 18.8. The Morgan fingerprint density at radius 2 is 1.67 bits per heavy atom. The van der Waals surface area contributed by atoms with Gasteiger partial charge in [-0.05, 0) is 18.4 Å². The normalized spacial score (nSPS) is 16.8. The molecule has 0 spiro atoms. The second-order valence-corrected chi connectivity index (χ2v) is 7.31. The number of esters is 3. The average Bonchev–Trinajstić information content (AvgIpc) is 3.34. The molecule has 1 heterocycles. The summed E-state index contributed by atoms with van der Waals surface area (Å²) >= 11 is 0. The fourth-order valence-electron chi connectivity index (χ4n) is 3.51. The minimum absolute atomic E-state index is 0.0405. The number of nitrogens with one attached hydrogen (secondary N) is 1. The summed E-state index contributed by atoms with van der Waals surface area (Å²) in [6.07, 6.45) is -0.314. The third-order valence-electron chi connectivity index (χ3n) is 5.27. The molecule has 0 aromatic heterocycles. The Labute approximate surface area is 191 Å². The molecule has 1 aliphatic rings. The lowest BCUT2D eigenvalue weighted by Gasteiger charge is -2.27. The molecule has 0 aliphatic carbocycles. The van der Waals surface area contributed by atoms with Crippen molar-refractivity contribution in [2.45, 2.75) is 38.0 Å². The van der Waals surface area contributed by atoms with Gasteiger partial charge in [-0.2, -0.15) is 0 Å². The molecule has 11 heteroatoms. The van der Waals surface area contributed by atoms with Crippen LogP contribution in [-0.4, -0.2) is 74.8 Å². The van der Waals surface area contributed by atoms with Crippen molar-refractivity contribution in [2.75, 3.05) is 27.9 Å². The van der Waals surface area contributed by atoms with Crippen molar-refractivity contribution >= 4 is 29.9 Å². The van der Waals surface area contributed by atoms with Crippen molar-refractivity contribution in [3.8, 4) is 0 Å². The van der Waals surface area contributed by atoms with Gasteiger partial charge in [-0.3, -0.25) is 19.3 Å². The molecular formula is C22H28N2O9. The number of ether oxygens (including phenoxy) is 4. The molecule has 2 rings (SSSR count). The lowest BCUT2D eigenvalue weighted by Crippen LogP contribution is -2.55. The number of benzene rings is 1. The maximum atomic E-state index is 13.0. The van der Waals surface area contributed by atoms with Crippen LogP contribution in [0.25, 0.3) is 0 Å². The minimum Gasteiger partial charge on any atom is -0.469 e. The largest absolute Gasteiger partial charge is 0.469 e. The standard InChI is InChI=1S/C22H28N2O9/c1-30-17(25)12-15(20(27)31-2)18(21(28)32-3)23-19(26)16-10-7-11-24(16)22(29)33-13-14-8-5-4-6-9-14/h4-6,8-9,15-16,18H,7,10-13H2,1-3H3,(H,23,26)/t15-,16-,18+/m1/s1. The van der Waals surface area contributed by atoms with Crippen LogP contribution in [0.4, 0.5) is 4.79 Å². The monoisotopic (exact) mass is 464 g/mol. The van der Waals surface area contributed by atoms with Crippen LogP contribution in [0, 0.1) is 5.92 Å². The molecular weight excluding hydrogens is 436 g/mol. The average molecular weight is 464 g/mol. The van der Waals surface area contributed by atoms with Gasteiger partial charge in [0.2, 0.25) is 5.91 Å². The predicted molar refractivity (Wildman–Crippen MR) is 112 cm³/mol. The molecule has 1 saturated heterocycles. The number of methoxy groups -OCH3 is 3. The summed E-state index contributed by atoms with van der Waals surface area (Å²) < 4.78 is 19.3. The fraction of sp³-hybridized carbons (Fsp3) is 0.500. The number of amides is 2. The van der Waals surface area contributed by atoms with Crippen LogP contribution in [0.1, 0.15) is 24.8 Å². The van der Waals surface area contributed by atoms with Gasteiger partial charge in [0.25, 0.3) is 0 Å². The topological polar surface area (TPSA) is 138 Å². The first kappa shape index (κ1) is 25.6. The third-order valence-corrected chi connectivity index (χ3v) is 5.27. The van der Waals surface area contributed by atoms with Crippen molar-refractivity contribution in [3.05, 3.63) is 35.9 Å². The molecule has 11 nitrogen and oxygen atoms in total. The lowest BCUT2D eigenvalue weighted by molar-refractivity contribution is -0.159. The second kappa shape index (κ2) is 12.4. The maximum Gasteiger partial charge on any atom is 0.410 e. The highest BCUT2D eigenvalue weighted by atomic mass is 16.6. The Kier molecular flexibility index (Phi) is 9.64. The van der Waals surface area contributed by atoms with Crippen LogP contribution in [0.5, 0.6) is 0 Å². The van der Waals surface area contributed by atoms with E-state index in [0.29, 0.717) is 12.8 Å². The molecule has 180 valence electrons. The van der Waals surface area contributed by atoms with Crippen LogP contribution in [0.2, 0.25) is 0 Å². The molecule has 0 saturated carbocycles. The quantitative estimate of drug-likeness (QED) is 0.415. The summed E-state index contributed by atoms with van der Waals surface area (Å²) in [6, 6.07) is 6.63. The van der Waals surface area contributed by atoms with Crippen molar-refractivity contribution in [1.29, 1.82) is 0 Å². The Balaban J connectivity index is 2.12. The van der Waals surface area contributed by atoms with Gasteiger partial charge in [0.05, 0.1) is 33.7 Å². The van der Waals surface area contributed by atoms with E-state index in [1.54, 1.807) is 12.1 Å². The molecule has 0 bridgehead atoms. The highest BCUT2D eigenvalue weighted by Gasteiger charge is 2.42. The first-order valence-corrected chi connectivity index (χ1v) is 10.3. The Hall–Kier alpha value is -3.63. The zero-order valence-electron chi connectivity index (χ0n) is 18.8. The minimum atomic E-state index is -1.52. The highest BCUT2D eigenvalue weighted by molar-refractivity contribution is 5.93. The van der Waals surface area contributed by atoms with E-state index >= 15 is 0 Å². The first-order valence-electron chi connectivity index (χ1n) is 10.3. The van der Waals surface area contributed by atoms with Crippen molar-refractivity contribution in [2.24, 2.45) is 5.92 Å². The highest BCUT2D eigenvalue weighted by Crippen LogP contribution is 2.21. The van der Waals surface area contributed by atoms with Gasteiger partial charge in [-0.25, -0.2) is 9.59 Å². The van der Waals surface area contributed by atoms with E-state index in [0.717, 1.165) is 26.9 Å². The zero-order chi connectivity index (χ0) is 24.4. The number of hydrogen-bond donors (Lipinski definition) is 1. The van der Waals surface area contributed by atoms with E-state index in [9.17, 15) is 24.0 Å². The van der Waals surface area contributed by atoms with Crippen molar-refractivity contribution in [3.63, 3.8) is 0 Å². The van der Waals surface area contributed by atoms with Gasteiger partial charge in [-0.15, -0.1) is 0 Å². The molecule has 1 aliphatic heterocycles. The first-order chi connectivity index (χ1) is 15.8. The molecule has 1 aromatic carbocycles. The summed E-state index contributed by atoms with van der Waals surface area (Å²) in [5.41, 5.74) is 0.792. The SMILES string of the molecule is COC(=O)C[C@@H](C(=O)OC)[C@H](NC(=O)[C@H]1CCCN1C(=O)OCc1ccccc1)C(=O)OC. The molecule has 0 unspecified atom stereocenters. The summed E-state index contributed by atoms with van der Waals surface area (Å²) in [5.74, 6) is -4.68. The number of rotatable bonds is 9. The van der Waals surface area contributed by atoms with Gasteiger partial charge in [0, 0.05) is 6.54 Å². The number of carbonyl (C=O) groups is 5. The van der Waals surface area contributed by atoms with Crippen LogP contribution < -0.4 is 5.32 Å². The van der Waals surface area contributed by atoms with E-state index in [4.69, 9.17) is 9.47 Å².